The standard InChI is InChI=1S/C20H28N4O.HI/c1-3-5-13-23-20(21-4-2)24-15-17-9-11-19(12-10-17)25-16-18-8-6-7-14-22-18;/h6-12,14H,3-5,13,15-16H2,1-2H3,(H2,21,23,24);1H. The van der Waals surface area contributed by atoms with Gasteiger partial charge in [-0.25, -0.2) is 4.99 Å². The van der Waals surface area contributed by atoms with Crippen LogP contribution in [0, 0.1) is 0 Å². The average Bonchev–Trinajstić information content (AvgIpc) is 2.66. The topological polar surface area (TPSA) is 58.5 Å². The van der Waals surface area contributed by atoms with Gasteiger partial charge < -0.3 is 15.4 Å². The highest BCUT2D eigenvalue weighted by molar-refractivity contribution is 14.0. The molecule has 0 aliphatic carbocycles. The fourth-order valence-corrected chi connectivity index (χ4v) is 2.23. The Morgan fingerprint density at radius 1 is 1.08 bits per heavy atom. The highest BCUT2D eigenvalue weighted by Crippen LogP contribution is 2.14. The van der Waals surface area contributed by atoms with Crippen molar-refractivity contribution in [1.82, 2.24) is 15.6 Å². The fraction of sp³-hybridized carbons (Fsp3) is 0.400. The zero-order valence-electron chi connectivity index (χ0n) is 15.6. The molecule has 2 rings (SSSR count). The van der Waals surface area contributed by atoms with Gasteiger partial charge >= 0.3 is 0 Å². The average molecular weight is 468 g/mol. The molecule has 26 heavy (non-hydrogen) atoms. The van der Waals surface area contributed by atoms with Crippen LogP contribution in [0.25, 0.3) is 0 Å². The zero-order valence-corrected chi connectivity index (χ0v) is 17.9. The van der Waals surface area contributed by atoms with Crippen LogP contribution in [0.5, 0.6) is 5.75 Å². The first-order chi connectivity index (χ1) is 12.3. The Labute approximate surface area is 173 Å². The quantitative estimate of drug-likeness (QED) is 0.252. The lowest BCUT2D eigenvalue weighted by Gasteiger charge is -2.11. The van der Waals surface area contributed by atoms with Crippen molar-refractivity contribution in [1.29, 1.82) is 0 Å². The van der Waals surface area contributed by atoms with E-state index in [1.807, 2.05) is 42.5 Å². The van der Waals surface area contributed by atoms with Gasteiger partial charge in [-0.1, -0.05) is 31.5 Å². The number of halogens is 1. The number of guanidine groups is 1. The monoisotopic (exact) mass is 468 g/mol. The maximum Gasteiger partial charge on any atom is 0.191 e. The Hall–Kier alpha value is -1.83. The molecule has 2 aromatic rings. The molecule has 0 aliphatic heterocycles. The fourth-order valence-electron chi connectivity index (χ4n) is 2.23. The van der Waals surface area contributed by atoms with Crippen molar-refractivity contribution in [2.75, 3.05) is 13.1 Å². The van der Waals surface area contributed by atoms with E-state index in [0.29, 0.717) is 13.2 Å². The summed E-state index contributed by atoms with van der Waals surface area (Å²) in [6.07, 6.45) is 4.09. The summed E-state index contributed by atoms with van der Waals surface area (Å²) in [6, 6.07) is 13.9. The van der Waals surface area contributed by atoms with Gasteiger partial charge in [0.15, 0.2) is 5.96 Å². The molecular formula is C20H29IN4O. The predicted molar refractivity (Wildman–Crippen MR) is 118 cm³/mol. The molecule has 0 fully saturated rings. The number of unbranched alkanes of at least 4 members (excludes halogenated alkanes) is 1. The minimum absolute atomic E-state index is 0. The number of hydrogen-bond donors (Lipinski definition) is 2. The van der Waals surface area contributed by atoms with Gasteiger partial charge in [-0.05, 0) is 43.2 Å². The molecule has 0 bridgehead atoms. The molecule has 1 heterocycles. The summed E-state index contributed by atoms with van der Waals surface area (Å²) >= 11 is 0. The van der Waals surface area contributed by atoms with E-state index in [1.165, 1.54) is 6.42 Å². The molecule has 0 spiro atoms. The smallest absolute Gasteiger partial charge is 0.191 e. The third-order valence-electron chi connectivity index (χ3n) is 3.62. The first-order valence-electron chi connectivity index (χ1n) is 8.95. The first kappa shape index (κ1) is 22.2. The number of nitrogens with zero attached hydrogens (tertiary/aromatic N) is 2. The predicted octanol–water partition coefficient (Wildman–Crippen LogP) is 4.13. The number of aromatic nitrogens is 1. The van der Waals surface area contributed by atoms with Crippen molar-refractivity contribution >= 4 is 29.9 Å². The van der Waals surface area contributed by atoms with E-state index in [2.05, 4.69) is 34.5 Å². The molecule has 0 saturated heterocycles. The van der Waals surface area contributed by atoms with Gasteiger partial charge in [0, 0.05) is 19.3 Å². The van der Waals surface area contributed by atoms with Crippen LogP contribution in [-0.4, -0.2) is 24.0 Å². The number of aliphatic imine (C=N–C) groups is 1. The number of nitrogens with one attached hydrogen (secondary N) is 2. The minimum Gasteiger partial charge on any atom is -0.487 e. The summed E-state index contributed by atoms with van der Waals surface area (Å²) in [5.74, 6) is 1.71. The first-order valence-corrected chi connectivity index (χ1v) is 8.95. The summed E-state index contributed by atoms with van der Waals surface area (Å²) < 4.78 is 5.75. The summed E-state index contributed by atoms with van der Waals surface area (Å²) in [4.78, 5) is 8.87. The van der Waals surface area contributed by atoms with E-state index in [4.69, 9.17) is 4.74 Å². The van der Waals surface area contributed by atoms with Crippen molar-refractivity contribution in [3.63, 3.8) is 0 Å². The number of rotatable bonds is 9. The van der Waals surface area contributed by atoms with Crippen molar-refractivity contribution in [2.45, 2.75) is 39.8 Å². The van der Waals surface area contributed by atoms with E-state index >= 15 is 0 Å². The van der Waals surface area contributed by atoms with Gasteiger partial charge in [-0.2, -0.15) is 0 Å². The minimum atomic E-state index is 0. The lowest BCUT2D eigenvalue weighted by Crippen LogP contribution is -2.37. The van der Waals surface area contributed by atoms with Crippen LogP contribution in [0.2, 0.25) is 0 Å². The van der Waals surface area contributed by atoms with Gasteiger partial charge in [0.2, 0.25) is 0 Å². The third kappa shape index (κ3) is 8.51. The van der Waals surface area contributed by atoms with Gasteiger partial charge in [0.25, 0.3) is 0 Å². The Morgan fingerprint density at radius 2 is 1.88 bits per heavy atom. The Kier molecular flexibility index (Phi) is 11.4. The molecule has 1 aromatic heterocycles. The molecule has 5 nitrogen and oxygen atoms in total. The van der Waals surface area contributed by atoms with Crippen molar-refractivity contribution < 1.29 is 4.74 Å². The second-order valence-corrected chi connectivity index (χ2v) is 5.73. The lowest BCUT2D eigenvalue weighted by molar-refractivity contribution is 0.301. The maximum atomic E-state index is 5.75. The molecule has 0 amide bonds. The SMILES string of the molecule is CCCCNC(=NCc1ccc(OCc2ccccn2)cc1)NCC.I. The molecule has 2 N–H and O–H groups in total. The molecule has 142 valence electrons. The van der Waals surface area contributed by atoms with Crippen molar-refractivity contribution in [2.24, 2.45) is 4.99 Å². The lowest BCUT2D eigenvalue weighted by atomic mass is 10.2. The zero-order chi connectivity index (χ0) is 17.7. The van der Waals surface area contributed by atoms with Crippen molar-refractivity contribution in [3.8, 4) is 5.75 Å². The van der Waals surface area contributed by atoms with Crippen LogP contribution >= 0.6 is 24.0 Å². The number of hydrogen-bond acceptors (Lipinski definition) is 3. The normalized spacial score (nSPS) is 10.8. The molecular weight excluding hydrogens is 439 g/mol. The Bertz CT molecular complexity index is 632. The van der Waals surface area contributed by atoms with Crippen LogP contribution in [-0.2, 0) is 13.2 Å². The molecule has 0 unspecified atom stereocenters. The van der Waals surface area contributed by atoms with Gasteiger partial charge in [-0.15, -0.1) is 24.0 Å². The molecule has 0 saturated carbocycles. The molecule has 6 heteroatoms. The van der Waals surface area contributed by atoms with E-state index in [9.17, 15) is 0 Å². The largest absolute Gasteiger partial charge is 0.487 e. The van der Waals surface area contributed by atoms with Gasteiger partial charge in [0.05, 0.1) is 12.2 Å². The molecule has 0 atom stereocenters. The van der Waals surface area contributed by atoms with E-state index in [0.717, 1.165) is 42.5 Å². The number of ether oxygens (including phenoxy) is 1. The summed E-state index contributed by atoms with van der Waals surface area (Å²) in [5.41, 5.74) is 2.07. The van der Waals surface area contributed by atoms with E-state index < -0.39 is 0 Å². The Balaban J connectivity index is 0.00000338. The van der Waals surface area contributed by atoms with Crippen LogP contribution in [0.4, 0.5) is 0 Å². The third-order valence-corrected chi connectivity index (χ3v) is 3.62. The highest BCUT2D eigenvalue weighted by atomic mass is 127. The molecule has 0 aliphatic rings. The second-order valence-electron chi connectivity index (χ2n) is 5.73. The van der Waals surface area contributed by atoms with E-state index in [1.54, 1.807) is 6.20 Å². The second kappa shape index (κ2) is 13.4. The molecule has 1 aromatic carbocycles. The van der Waals surface area contributed by atoms with Crippen LogP contribution in [0.1, 0.15) is 37.9 Å². The van der Waals surface area contributed by atoms with Crippen LogP contribution in [0.3, 0.4) is 0 Å². The van der Waals surface area contributed by atoms with Crippen molar-refractivity contribution in [3.05, 3.63) is 59.9 Å². The summed E-state index contributed by atoms with van der Waals surface area (Å²) in [7, 11) is 0. The van der Waals surface area contributed by atoms with Crippen LogP contribution in [0.15, 0.2) is 53.7 Å². The highest BCUT2D eigenvalue weighted by Gasteiger charge is 1.99. The maximum absolute atomic E-state index is 5.75. The summed E-state index contributed by atoms with van der Waals surface area (Å²) in [5, 5.41) is 6.62. The van der Waals surface area contributed by atoms with Crippen LogP contribution < -0.4 is 15.4 Å². The van der Waals surface area contributed by atoms with Gasteiger partial charge in [-0.3, -0.25) is 4.98 Å². The summed E-state index contributed by atoms with van der Waals surface area (Å²) in [6.45, 7) is 7.18. The Morgan fingerprint density at radius 3 is 2.54 bits per heavy atom. The van der Waals surface area contributed by atoms with E-state index in [-0.39, 0.29) is 24.0 Å². The van der Waals surface area contributed by atoms with Gasteiger partial charge in [0.1, 0.15) is 12.4 Å². The molecule has 0 radical (unpaired) electrons. The number of benzene rings is 1. The number of pyridine rings is 1.